The minimum Gasteiger partial charge on any atom is -0.404 e. The number of halogens is 3. The molecule has 0 aliphatic heterocycles. The molecule has 0 N–H and O–H groups in total. The topological polar surface area (TPSA) is 70.0 Å². The number of nitrogens with zero attached hydrogens (tertiary/aromatic N) is 4. The number of alkyl halides is 3. The van der Waals surface area contributed by atoms with Gasteiger partial charge in [0.25, 0.3) is 0 Å². The van der Waals surface area contributed by atoms with Crippen LogP contribution < -0.4 is 4.74 Å². The van der Waals surface area contributed by atoms with E-state index >= 15 is 0 Å². The van der Waals surface area contributed by atoms with Crippen molar-refractivity contribution in [3.8, 4) is 17.0 Å². The van der Waals surface area contributed by atoms with Gasteiger partial charge in [-0.1, -0.05) is 20.8 Å². The Kier molecular flexibility index (Phi) is 5.76. The van der Waals surface area contributed by atoms with E-state index in [2.05, 4.69) is 24.7 Å². The highest BCUT2D eigenvalue weighted by Crippen LogP contribution is 2.46. The fourth-order valence-corrected chi connectivity index (χ4v) is 3.39. The molecule has 1 unspecified atom stereocenters. The SMILES string of the molecule is COC(c1ccc(-c2ccc(OC(F)(F)F)cn2)cn1)(c1cnccn1)C(C)(C)C. The van der Waals surface area contributed by atoms with Gasteiger partial charge in [0.2, 0.25) is 0 Å². The monoisotopic (exact) mass is 418 g/mol. The zero-order chi connectivity index (χ0) is 22.0. The van der Waals surface area contributed by atoms with Crippen LogP contribution in [0.5, 0.6) is 5.75 Å². The number of ether oxygens (including phenoxy) is 2. The fraction of sp³-hybridized carbons (Fsp3) is 0.333. The van der Waals surface area contributed by atoms with Crippen LogP contribution in [0.2, 0.25) is 0 Å². The van der Waals surface area contributed by atoms with Crippen LogP contribution in [0.25, 0.3) is 11.3 Å². The Labute approximate surface area is 172 Å². The normalized spacial score (nSPS) is 14.2. The first-order valence-electron chi connectivity index (χ1n) is 9.07. The van der Waals surface area contributed by atoms with Crippen LogP contribution in [-0.4, -0.2) is 33.4 Å². The molecule has 0 amide bonds. The summed E-state index contributed by atoms with van der Waals surface area (Å²) in [7, 11) is 1.59. The largest absolute Gasteiger partial charge is 0.573 e. The summed E-state index contributed by atoms with van der Waals surface area (Å²) in [4.78, 5) is 17.2. The number of hydrogen-bond acceptors (Lipinski definition) is 6. The summed E-state index contributed by atoms with van der Waals surface area (Å²) in [5.41, 5.74) is 0.960. The number of aromatic nitrogens is 4. The summed E-state index contributed by atoms with van der Waals surface area (Å²) in [6.45, 7) is 6.05. The molecule has 3 aromatic rings. The van der Waals surface area contributed by atoms with Gasteiger partial charge in [-0.2, -0.15) is 0 Å². The van der Waals surface area contributed by atoms with Gasteiger partial charge in [-0.3, -0.25) is 19.9 Å². The van der Waals surface area contributed by atoms with Crippen LogP contribution in [0.3, 0.4) is 0 Å². The predicted molar refractivity (Wildman–Crippen MR) is 103 cm³/mol. The molecular weight excluding hydrogens is 397 g/mol. The molecule has 0 saturated heterocycles. The Balaban J connectivity index is 1.97. The molecule has 0 fully saturated rings. The maximum atomic E-state index is 12.3. The molecule has 1 atom stereocenters. The third-order valence-electron chi connectivity index (χ3n) is 4.68. The number of pyridine rings is 2. The van der Waals surface area contributed by atoms with Crippen molar-refractivity contribution in [3.63, 3.8) is 0 Å². The lowest BCUT2D eigenvalue weighted by atomic mass is 9.72. The molecule has 3 rings (SSSR count). The molecule has 3 heterocycles. The van der Waals surface area contributed by atoms with Crippen molar-refractivity contribution in [2.24, 2.45) is 5.41 Å². The van der Waals surface area contributed by atoms with Gasteiger partial charge in [0.05, 0.1) is 29.5 Å². The third-order valence-corrected chi connectivity index (χ3v) is 4.68. The maximum Gasteiger partial charge on any atom is 0.573 e. The van der Waals surface area contributed by atoms with Crippen molar-refractivity contribution in [2.75, 3.05) is 7.11 Å². The Morgan fingerprint density at radius 3 is 2.03 bits per heavy atom. The first-order chi connectivity index (χ1) is 14.1. The summed E-state index contributed by atoms with van der Waals surface area (Å²) in [5, 5.41) is 0. The highest BCUT2D eigenvalue weighted by Gasteiger charge is 2.48. The lowest BCUT2D eigenvalue weighted by molar-refractivity contribution is -0.274. The van der Waals surface area contributed by atoms with E-state index in [0.29, 0.717) is 22.6 Å². The third kappa shape index (κ3) is 4.25. The first kappa shape index (κ1) is 21.6. The minimum absolute atomic E-state index is 0.385. The van der Waals surface area contributed by atoms with E-state index in [0.717, 1.165) is 6.20 Å². The van der Waals surface area contributed by atoms with Gasteiger partial charge < -0.3 is 9.47 Å². The van der Waals surface area contributed by atoms with Crippen molar-refractivity contribution in [1.82, 2.24) is 19.9 Å². The highest BCUT2D eigenvalue weighted by atomic mass is 19.4. The summed E-state index contributed by atoms with van der Waals surface area (Å²) in [5.74, 6) is -0.385. The van der Waals surface area contributed by atoms with Crippen LogP contribution in [0.15, 0.2) is 55.2 Å². The van der Waals surface area contributed by atoms with E-state index in [-0.39, 0.29) is 5.75 Å². The average Bonchev–Trinajstić information content (AvgIpc) is 2.69. The molecule has 0 saturated carbocycles. The molecule has 0 aromatic carbocycles. The fourth-order valence-electron chi connectivity index (χ4n) is 3.39. The van der Waals surface area contributed by atoms with Crippen LogP contribution in [0.1, 0.15) is 32.2 Å². The van der Waals surface area contributed by atoms with Crippen LogP contribution >= 0.6 is 0 Å². The number of hydrogen-bond donors (Lipinski definition) is 0. The van der Waals surface area contributed by atoms with Gasteiger partial charge in [0, 0.05) is 36.7 Å². The molecule has 6 nitrogen and oxygen atoms in total. The zero-order valence-electron chi connectivity index (χ0n) is 16.9. The van der Waals surface area contributed by atoms with E-state index < -0.39 is 17.4 Å². The van der Waals surface area contributed by atoms with Crippen molar-refractivity contribution in [1.29, 1.82) is 0 Å². The Morgan fingerprint density at radius 1 is 0.800 bits per heavy atom. The van der Waals surface area contributed by atoms with Gasteiger partial charge >= 0.3 is 6.36 Å². The molecule has 0 bridgehead atoms. The second-order valence-corrected chi connectivity index (χ2v) is 7.59. The van der Waals surface area contributed by atoms with E-state index in [1.54, 1.807) is 44.0 Å². The molecule has 0 radical (unpaired) electrons. The lowest BCUT2D eigenvalue weighted by Crippen LogP contribution is -2.44. The Bertz CT molecular complexity index is 972. The smallest absolute Gasteiger partial charge is 0.404 e. The average molecular weight is 418 g/mol. The molecule has 0 aliphatic rings. The highest BCUT2D eigenvalue weighted by molar-refractivity contribution is 5.58. The Morgan fingerprint density at radius 2 is 1.57 bits per heavy atom. The molecule has 0 aliphatic carbocycles. The van der Waals surface area contributed by atoms with E-state index in [9.17, 15) is 13.2 Å². The standard InChI is InChI=1S/C21H21F3N4O2/c1-19(2,3)20(29-4,18-13-25-9-10-26-18)17-8-5-14(11-28-17)16-7-6-15(12-27-16)30-21(22,23)24/h5-13H,1-4H3. The van der Waals surface area contributed by atoms with E-state index in [1.165, 1.54) is 12.1 Å². The van der Waals surface area contributed by atoms with Crippen molar-refractivity contribution in [3.05, 3.63) is 66.6 Å². The molecule has 30 heavy (non-hydrogen) atoms. The minimum atomic E-state index is -4.76. The quantitative estimate of drug-likeness (QED) is 0.595. The van der Waals surface area contributed by atoms with Crippen molar-refractivity contribution >= 4 is 0 Å². The van der Waals surface area contributed by atoms with Gasteiger partial charge in [0.1, 0.15) is 5.75 Å². The van der Waals surface area contributed by atoms with Crippen LogP contribution in [0.4, 0.5) is 13.2 Å². The molecule has 9 heteroatoms. The zero-order valence-corrected chi connectivity index (χ0v) is 16.9. The molecule has 3 aromatic heterocycles. The van der Waals surface area contributed by atoms with Gasteiger partial charge in [-0.05, 0) is 24.3 Å². The van der Waals surface area contributed by atoms with Crippen molar-refractivity contribution in [2.45, 2.75) is 32.7 Å². The first-order valence-corrected chi connectivity index (χ1v) is 9.07. The summed E-state index contributed by atoms with van der Waals surface area (Å²) in [6, 6.07) is 6.22. The second-order valence-electron chi connectivity index (χ2n) is 7.59. The maximum absolute atomic E-state index is 12.3. The molecule has 0 spiro atoms. The molecular formula is C21H21F3N4O2. The molecule has 158 valence electrons. The van der Waals surface area contributed by atoms with Crippen LogP contribution in [0, 0.1) is 5.41 Å². The number of rotatable bonds is 5. The summed E-state index contributed by atoms with van der Waals surface area (Å²) < 4.78 is 46.8. The van der Waals surface area contributed by atoms with Gasteiger partial charge in [-0.15, -0.1) is 13.2 Å². The van der Waals surface area contributed by atoms with E-state index in [1.807, 2.05) is 20.8 Å². The van der Waals surface area contributed by atoms with Gasteiger partial charge in [-0.25, -0.2) is 0 Å². The predicted octanol–water partition coefficient (Wildman–Crippen LogP) is 4.77. The lowest BCUT2D eigenvalue weighted by Gasteiger charge is -2.42. The second kappa shape index (κ2) is 7.98. The van der Waals surface area contributed by atoms with Crippen LogP contribution in [-0.2, 0) is 10.3 Å². The van der Waals surface area contributed by atoms with Crippen molar-refractivity contribution < 1.29 is 22.6 Å². The summed E-state index contributed by atoms with van der Waals surface area (Å²) >= 11 is 0. The number of methoxy groups -OCH3 is 1. The Hall–Kier alpha value is -3.07. The van der Waals surface area contributed by atoms with Gasteiger partial charge in [0.15, 0.2) is 5.60 Å². The van der Waals surface area contributed by atoms with E-state index in [4.69, 9.17) is 4.74 Å². The summed E-state index contributed by atoms with van der Waals surface area (Å²) in [6.07, 6.45) is 2.68.